The fourth-order valence-electron chi connectivity index (χ4n) is 1.94. The van der Waals surface area contributed by atoms with Crippen LogP contribution in [0.25, 0.3) is 0 Å². The van der Waals surface area contributed by atoms with Crippen LogP contribution in [-0.2, 0) is 0 Å². The highest BCUT2D eigenvalue weighted by atomic mass is 15.1. The molecule has 2 atom stereocenters. The van der Waals surface area contributed by atoms with E-state index in [-0.39, 0.29) is 0 Å². The van der Waals surface area contributed by atoms with Crippen molar-refractivity contribution in [1.29, 1.82) is 0 Å². The van der Waals surface area contributed by atoms with E-state index < -0.39 is 0 Å². The molecule has 2 N–H and O–H groups in total. The van der Waals surface area contributed by atoms with E-state index in [1.807, 2.05) is 0 Å². The summed E-state index contributed by atoms with van der Waals surface area (Å²) in [6.07, 6.45) is 2.72. The molecule has 2 aliphatic rings. The Kier molecular flexibility index (Phi) is 1.08. The molecule has 0 unspecified atom stereocenters. The zero-order valence-electron chi connectivity index (χ0n) is 5.91. The Hall–Kier alpha value is -0.0800. The first-order valence-corrected chi connectivity index (χ1v) is 3.77. The lowest BCUT2D eigenvalue weighted by Crippen LogP contribution is -2.56. The van der Waals surface area contributed by atoms with Gasteiger partial charge in [-0.25, -0.2) is 0 Å². The van der Waals surface area contributed by atoms with Crippen molar-refractivity contribution in [2.45, 2.75) is 31.3 Å². The monoisotopic (exact) mass is 126 g/mol. The second-order valence-electron chi connectivity index (χ2n) is 3.57. The molecule has 0 aromatic rings. The van der Waals surface area contributed by atoms with Gasteiger partial charge in [0.05, 0.1) is 0 Å². The smallest absolute Gasteiger partial charge is 0.0281 e. The van der Waals surface area contributed by atoms with Gasteiger partial charge in [0.1, 0.15) is 0 Å². The lowest BCUT2D eigenvalue weighted by atomic mass is 10.0. The van der Waals surface area contributed by atoms with Crippen molar-refractivity contribution >= 4 is 0 Å². The fourth-order valence-corrected chi connectivity index (χ4v) is 1.94. The number of nitrogens with one attached hydrogen (secondary N) is 2. The van der Waals surface area contributed by atoms with Crippen LogP contribution in [0.4, 0.5) is 0 Å². The summed E-state index contributed by atoms with van der Waals surface area (Å²) in [6, 6.07) is 0.767. The highest BCUT2D eigenvalue weighted by Crippen LogP contribution is 2.24. The summed E-state index contributed by atoms with van der Waals surface area (Å²) in [6.45, 7) is 4.64. The van der Waals surface area contributed by atoms with Gasteiger partial charge in [0, 0.05) is 24.7 Å². The Morgan fingerprint density at radius 2 is 2.44 bits per heavy atom. The molecule has 0 aromatic heterocycles. The first kappa shape index (κ1) is 5.69. The minimum atomic E-state index is 0.433. The third-order valence-corrected chi connectivity index (χ3v) is 2.50. The van der Waals surface area contributed by atoms with Crippen molar-refractivity contribution < 1.29 is 0 Å². The van der Waals surface area contributed by atoms with Gasteiger partial charge in [0.25, 0.3) is 0 Å². The quantitative estimate of drug-likeness (QED) is 0.481. The topological polar surface area (TPSA) is 24.1 Å². The molecule has 2 aliphatic heterocycles. The highest BCUT2D eigenvalue weighted by molar-refractivity contribution is 5.00. The Morgan fingerprint density at radius 3 is 3.11 bits per heavy atom. The summed E-state index contributed by atoms with van der Waals surface area (Å²) in [5.74, 6) is 0. The third kappa shape index (κ3) is 0.864. The Morgan fingerprint density at radius 1 is 1.56 bits per heavy atom. The molecule has 2 heteroatoms. The van der Waals surface area contributed by atoms with Crippen LogP contribution in [-0.4, -0.2) is 24.7 Å². The van der Waals surface area contributed by atoms with E-state index in [1.165, 1.54) is 19.4 Å². The second-order valence-corrected chi connectivity index (χ2v) is 3.57. The van der Waals surface area contributed by atoms with E-state index in [1.54, 1.807) is 0 Å². The van der Waals surface area contributed by atoms with E-state index in [0.717, 1.165) is 12.6 Å². The molecule has 2 saturated heterocycles. The largest absolute Gasteiger partial charge is 0.313 e. The van der Waals surface area contributed by atoms with Gasteiger partial charge in [-0.05, 0) is 19.8 Å². The molecule has 2 heterocycles. The predicted octanol–water partition coefficient (Wildman–Crippen LogP) is 0.100. The van der Waals surface area contributed by atoms with Crippen molar-refractivity contribution in [2.24, 2.45) is 0 Å². The van der Waals surface area contributed by atoms with Crippen molar-refractivity contribution in [1.82, 2.24) is 10.6 Å². The maximum absolute atomic E-state index is 3.60. The van der Waals surface area contributed by atoms with E-state index in [4.69, 9.17) is 0 Å². The van der Waals surface area contributed by atoms with Gasteiger partial charge in [-0.3, -0.25) is 0 Å². The van der Waals surface area contributed by atoms with Gasteiger partial charge in [-0.1, -0.05) is 0 Å². The second kappa shape index (κ2) is 1.70. The number of piperazine rings is 1. The highest BCUT2D eigenvalue weighted by Gasteiger charge is 2.36. The maximum atomic E-state index is 3.60. The average Bonchev–Trinajstić information content (AvgIpc) is 2.07. The van der Waals surface area contributed by atoms with E-state index in [0.29, 0.717) is 5.54 Å². The number of rotatable bonds is 0. The summed E-state index contributed by atoms with van der Waals surface area (Å²) in [4.78, 5) is 0. The summed E-state index contributed by atoms with van der Waals surface area (Å²) in [7, 11) is 0. The standard InChI is InChI=1S/C7H14N2/c1-7-3-2-6(9-7)4-8-5-7/h6,8-9H,2-5H2,1H3/t6-,7+/m1/s1. The van der Waals surface area contributed by atoms with Crippen LogP contribution in [0.3, 0.4) is 0 Å². The third-order valence-electron chi connectivity index (χ3n) is 2.50. The molecule has 2 rings (SSSR count). The van der Waals surface area contributed by atoms with Crippen LogP contribution in [0.5, 0.6) is 0 Å². The van der Waals surface area contributed by atoms with Crippen molar-refractivity contribution in [2.75, 3.05) is 13.1 Å². The normalized spacial score (nSPS) is 49.7. The lowest BCUT2D eigenvalue weighted by molar-refractivity contribution is 0.319. The van der Waals surface area contributed by atoms with Gasteiger partial charge in [0.2, 0.25) is 0 Å². The molecular formula is C7H14N2. The number of hydrogen-bond acceptors (Lipinski definition) is 2. The first-order chi connectivity index (χ1) is 4.29. The molecule has 0 radical (unpaired) electrons. The zero-order valence-corrected chi connectivity index (χ0v) is 5.91. The molecule has 2 nitrogen and oxygen atoms in total. The molecule has 52 valence electrons. The molecule has 0 aromatic carbocycles. The molecule has 9 heavy (non-hydrogen) atoms. The molecule has 0 spiro atoms. The predicted molar refractivity (Wildman–Crippen MR) is 37.4 cm³/mol. The summed E-state index contributed by atoms with van der Waals surface area (Å²) in [5, 5.41) is 7.03. The molecule has 2 bridgehead atoms. The molecule has 0 saturated carbocycles. The van der Waals surface area contributed by atoms with Crippen LogP contribution in [0.2, 0.25) is 0 Å². The molecular weight excluding hydrogens is 112 g/mol. The van der Waals surface area contributed by atoms with Gasteiger partial charge < -0.3 is 10.6 Å². The molecule has 2 fully saturated rings. The van der Waals surface area contributed by atoms with Crippen molar-refractivity contribution in [3.8, 4) is 0 Å². The van der Waals surface area contributed by atoms with Crippen molar-refractivity contribution in [3.05, 3.63) is 0 Å². The number of hydrogen-bond donors (Lipinski definition) is 2. The fraction of sp³-hybridized carbons (Fsp3) is 1.00. The number of fused-ring (bicyclic) bond motifs is 2. The van der Waals surface area contributed by atoms with E-state index >= 15 is 0 Å². The van der Waals surface area contributed by atoms with E-state index in [2.05, 4.69) is 17.6 Å². The van der Waals surface area contributed by atoms with Gasteiger partial charge >= 0.3 is 0 Å². The van der Waals surface area contributed by atoms with Crippen LogP contribution in [0.1, 0.15) is 19.8 Å². The van der Waals surface area contributed by atoms with Crippen LogP contribution in [0.15, 0.2) is 0 Å². The minimum absolute atomic E-state index is 0.433. The SMILES string of the molecule is C[C@]12CC[C@H](CNC1)N2. The molecule has 0 aliphatic carbocycles. The van der Waals surface area contributed by atoms with Crippen molar-refractivity contribution in [3.63, 3.8) is 0 Å². The van der Waals surface area contributed by atoms with Crippen LogP contribution < -0.4 is 10.6 Å². The Balaban J connectivity index is 2.13. The minimum Gasteiger partial charge on any atom is -0.313 e. The summed E-state index contributed by atoms with van der Waals surface area (Å²) >= 11 is 0. The van der Waals surface area contributed by atoms with Gasteiger partial charge in [-0.15, -0.1) is 0 Å². The zero-order chi connectivity index (χ0) is 6.32. The Labute approximate surface area is 56.0 Å². The lowest BCUT2D eigenvalue weighted by Gasteiger charge is -2.31. The average molecular weight is 126 g/mol. The van der Waals surface area contributed by atoms with Gasteiger partial charge in [-0.2, -0.15) is 0 Å². The molecule has 0 amide bonds. The summed E-state index contributed by atoms with van der Waals surface area (Å²) < 4.78 is 0. The maximum Gasteiger partial charge on any atom is 0.0281 e. The van der Waals surface area contributed by atoms with Crippen LogP contribution >= 0.6 is 0 Å². The first-order valence-electron chi connectivity index (χ1n) is 3.77. The summed E-state index contributed by atoms with van der Waals surface area (Å²) in [5.41, 5.74) is 0.433. The Bertz CT molecular complexity index is 120. The van der Waals surface area contributed by atoms with Crippen LogP contribution in [0, 0.1) is 0 Å². The van der Waals surface area contributed by atoms with E-state index in [9.17, 15) is 0 Å². The van der Waals surface area contributed by atoms with Gasteiger partial charge in [0.15, 0.2) is 0 Å².